The molecule has 0 radical (unpaired) electrons. The van der Waals surface area contributed by atoms with Gasteiger partial charge in [-0.2, -0.15) is 0 Å². The van der Waals surface area contributed by atoms with Crippen LogP contribution in [0.2, 0.25) is 0 Å². The Kier molecular flexibility index (Phi) is 7.54. The lowest BCUT2D eigenvalue weighted by atomic mass is 9.76. The Balaban J connectivity index is 1.92. The summed E-state index contributed by atoms with van der Waals surface area (Å²) in [5, 5.41) is 21.1. The molecule has 0 saturated heterocycles. The summed E-state index contributed by atoms with van der Waals surface area (Å²) in [6.07, 6.45) is -1.15. The lowest BCUT2D eigenvalue weighted by molar-refractivity contribution is -0.159. The lowest BCUT2D eigenvalue weighted by Gasteiger charge is -2.50. The standard InChI is InChI=1S/C35H37NO4/c1-24(31(38)23-37)32(33(39)40-34(2,3)4)36(26-17-9-6-10-18-26)35(25-15-7-5-8-16-25)29-21-13-11-19-27(29)28-20-12-14-22-30(28)35/h5-22,24,31-32,37-38H,23H2,1-4H3/t24-,31-,32-/m0/s1. The summed E-state index contributed by atoms with van der Waals surface area (Å²) in [5.74, 6) is -1.14. The van der Waals surface area contributed by atoms with Gasteiger partial charge in [-0.25, -0.2) is 4.79 Å². The van der Waals surface area contributed by atoms with Gasteiger partial charge in [-0.1, -0.05) is 104 Å². The molecular formula is C35H37NO4. The van der Waals surface area contributed by atoms with Crippen molar-refractivity contribution < 1.29 is 19.7 Å². The van der Waals surface area contributed by atoms with Gasteiger partial charge in [0.05, 0.1) is 12.7 Å². The molecule has 0 bridgehead atoms. The molecule has 0 heterocycles. The molecule has 3 atom stereocenters. The van der Waals surface area contributed by atoms with Crippen molar-refractivity contribution in [2.75, 3.05) is 11.5 Å². The van der Waals surface area contributed by atoms with Crippen LogP contribution in [0.25, 0.3) is 11.1 Å². The van der Waals surface area contributed by atoms with Gasteiger partial charge in [0.15, 0.2) is 0 Å². The number of benzene rings is 4. The first-order valence-corrected chi connectivity index (χ1v) is 13.8. The molecule has 0 aromatic heterocycles. The molecule has 0 spiro atoms. The van der Waals surface area contributed by atoms with Crippen molar-refractivity contribution in [2.24, 2.45) is 5.92 Å². The van der Waals surface area contributed by atoms with Gasteiger partial charge in [0, 0.05) is 11.6 Å². The molecule has 1 aliphatic rings. The molecule has 4 aromatic carbocycles. The summed E-state index contributed by atoms with van der Waals surface area (Å²) < 4.78 is 6.06. The van der Waals surface area contributed by atoms with Crippen molar-refractivity contribution in [3.05, 3.63) is 126 Å². The van der Waals surface area contributed by atoms with Crippen molar-refractivity contribution in [1.29, 1.82) is 0 Å². The molecule has 0 aliphatic heterocycles. The van der Waals surface area contributed by atoms with E-state index in [-0.39, 0.29) is 0 Å². The number of aliphatic hydroxyl groups is 2. The number of anilines is 1. The zero-order valence-electron chi connectivity index (χ0n) is 23.5. The second kappa shape index (κ2) is 10.9. The molecule has 2 N–H and O–H groups in total. The third kappa shape index (κ3) is 4.70. The minimum Gasteiger partial charge on any atom is -0.458 e. The molecule has 5 nitrogen and oxygen atoms in total. The van der Waals surface area contributed by atoms with E-state index in [2.05, 4.69) is 41.3 Å². The van der Waals surface area contributed by atoms with E-state index in [0.29, 0.717) is 0 Å². The molecule has 5 heteroatoms. The van der Waals surface area contributed by atoms with Gasteiger partial charge in [0.2, 0.25) is 0 Å². The Morgan fingerprint density at radius 1 is 0.800 bits per heavy atom. The van der Waals surface area contributed by atoms with Crippen molar-refractivity contribution >= 4 is 11.7 Å². The molecule has 0 unspecified atom stereocenters. The monoisotopic (exact) mass is 535 g/mol. The third-order valence-corrected chi connectivity index (χ3v) is 7.73. The fourth-order valence-electron chi connectivity index (χ4n) is 6.05. The van der Waals surface area contributed by atoms with Crippen LogP contribution in [0.1, 0.15) is 44.4 Å². The van der Waals surface area contributed by atoms with Crippen LogP contribution in [-0.2, 0) is 15.1 Å². The highest BCUT2D eigenvalue weighted by atomic mass is 16.6. The first kappa shape index (κ1) is 27.6. The topological polar surface area (TPSA) is 70.0 Å². The first-order valence-electron chi connectivity index (χ1n) is 13.8. The van der Waals surface area contributed by atoms with Crippen LogP contribution >= 0.6 is 0 Å². The number of rotatable bonds is 8. The fourth-order valence-corrected chi connectivity index (χ4v) is 6.05. The largest absolute Gasteiger partial charge is 0.458 e. The van der Waals surface area contributed by atoms with Crippen LogP contribution in [0.3, 0.4) is 0 Å². The van der Waals surface area contributed by atoms with Crippen LogP contribution < -0.4 is 4.90 Å². The third-order valence-electron chi connectivity index (χ3n) is 7.73. The Morgan fingerprint density at radius 2 is 1.27 bits per heavy atom. The number of nitrogens with zero attached hydrogens (tertiary/aromatic N) is 1. The van der Waals surface area contributed by atoms with Crippen LogP contribution in [0.4, 0.5) is 5.69 Å². The van der Waals surface area contributed by atoms with Gasteiger partial charge in [0.1, 0.15) is 17.2 Å². The van der Waals surface area contributed by atoms with Crippen LogP contribution in [0.5, 0.6) is 0 Å². The van der Waals surface area contributed by atoms with Gasteiger partial charge >= 0.3 is 5.97 Å². The fraction of sp³-hybridized carbons (Fsp3) is 0.286. The van der Waals surface area contributed by atoms with E-state index in [1.54, 1.807) is 6.92 Å². The predicted molar refractivity (Wildman–Crippen MR) is 159 cm³/mol. The number of hydrogen-bond donors (Lipinski definition) is 2. The average Bonchev–Trinajstić information content (AvgIpc) is 3.26. The van der Waals surface area contributed by atoms with E-state index < -0.39 is 41.8 Å². The van der Waals surface area contributed by atoms with Crippen molar-refractivity contribution in [3.8, 4) is 11.1 Å². The summed E-state index contributed by atoms with van der Waals surface area (Å²) in [4.78, 5) is 16.4. The number of hydrogen-bond acceptors (Lipinski definition) is 5. The van der Waals surface area contributed by atoms with E-state index in [9.17, 15) is 15.0 Å². The van der Waals surface area contributed by atoms with E-state index in [4.69, 9.17) is 4.74 Å². The summed E-state index contributed by atoms with van der Waals surface area (Å²) in [7, 11) is 0. The Bertz CT molecular complexity index is 1420. The maximum absolute atomic E-state index is 14.3. The van der Waals surface area contributed by atoms with E-state index >= 15 is 0 Å². The first-order chi connectivity index (χ1) is 19.2. The zero-order valence-corrected chi connectivity index (χ0v) is 23.5. The van der Waals surface area contributed by atoms with E-state index in [1.807, 2.05) is 93.6 Å². The highest BCUT2D eigenvalue weighted by Gasteiger charge is 2.54. The van der Waals surface area contributed by atoms with Crippen molar-refractivity contribution in [1.82, 2.24) is 0 Å². The maximum atomic E-state index is 14.3. The number of para-hydroxylation sites is 1. The summed E-state index contributed by atoms with van der Waals surface area (Å²) >= 11 is 0. The summed E-state index contributed by atoms with van der Waals surface area (Å²) in [5.41, 5.74) is 4.31. The SMILES string of the molecule is C[C@H]([C@@H](C(=O)OC(C)(C)C)N(c1ccccc1)C1(c2ccccc2)c2ccccc2-c2ccccc21)[C@@H](O)CO. The second-order valence-corrected chi connectivity index (χ2v) is 11.5. The summed E-state index contributed by atoms with van der Waals surface area (Å²) in [6.45, 7) is 6.85. The minimum atomic E-state index is -1.15. The molecule has 0 fully saturated rings. The normalized spacial score (nSPS) is 15.8. The van der Waals surface area contributed by atoms with Crippen molar-refractivity contribution in [2.45, 2.75) is 51.0 Å². The molecule has 0 amide bonds. The summed E-state index contributed by atoms with van der Waals surface area (Å²) in [6, 6.07) is 35.7. The van der Waals surface area contributed by atoms with Gasteiger partial charge in [-0.15, -0.1) is 0 Å². The Hall–Kier alpha value is -3.93. The molecule has 5 rings (SSSR count). The number of carbonyl (C=O) groups excluding carboxylic acids is 1. The average molecular weight is 536 g/mol. The van der Waals surface area contributed by atoms with Crippen LogP contribution in [0.15, 0.2) is 109 Å². The number of aliphatic hydroxyl groups excluding tert-OH is 2. The number of fused-ring (bicyclic) bond motifs is 3. The Morgan fingerprint density at radius 3 is 1.77 bits per heavy atom. The highest BCUT2D eigenvalue weighted by molar-refractivity contribution is 5.89. The smallest absolute Gasteiger partial charge is 0.329 e. The van der Waals surface area contributed by atoms with Gasteiger partial charge < -0.3 is 19.8 Å². The van der Waals surface area contributed by atoms with Crippen LogP contribution in [0, 0.1) is 5.92 Å². The van der Waals surface area contributed by atoms with Crippen molar-refractivity contribution in [3.63, 3.8) is 0 Å². The van der Waals surface area contributed by atoms with E-state index in [1.165, 1.54) is 0 Å². The number of esters is 1. The molecule has 206 valence electrons. The number of carbonyl (C=O) groups is 1. The second-order valence-electron chi connectivity index (χ2n) is 11.5. The van der Waals surface area contributed by atoms with Gasteiger partial charge in [-0.05, 0) is 60.7 Å². The lowest BCUT2D eigenvalue weighted by Crippen LogP contribution is -2.60. The van der Waals surface area contributed by atoms with Crippen LogP contribution in [-0.4, -0.2) is 40.5 Å². The minimum absolute atomic E-state index is 0.464. The Labute approximate surface area is 236 Å². The number of ether oxygens (including phenoxy) is 1. The highest BCUT2D eigenvalue weighted by Crippen LogP contribution is 2.56. The maximum Gasteiger partial charge on any atom is 0.329 e. The predicted octanol–water partition coefficient (Wildman–Crippen LogP) is 6.17. The molecule has 4 aromatic rings. The molecular weight excluding hydrogens is 498 g/mol. The molecule has 0 saturated carbocycles. The molecule has 40 heavy (non-hydrogen) atoms. The van der Waals surface area contributed by atoms with E-state index in [0.717, 1.165) is 33.5 Å². The van der Waals surface area contributed by atoms with Gasteiger partial charge in [0.25, 0.3) is 0 Å². The zero-order chi connectivity index (χ0) is 28.5. The quantitative estimate of drug-likeness (QED) is 0.264. The van der Waals surface area contributed by atoms with Gasteiger partial charge in [-0.3, -0.25) is 0 Å². The molecule has 1 aliphatic carbocycles.